The van der Waals surface area contributed by atoms with Crippen molar-refractivity contribution in [3.05, 3.63) is 41.4 Å². The van der Waals surface area contributed by atoms with Crippen molar-refractivity contribution in [2.24, 2.45) is 0 Å². The molecule has 5 heteroatoms. The van der Waals surface area contributed by atoms with Crippen molar-refractivity contribution < 1.29 is 14.2 Å². The predicted octanol–water partition coefficient (Wildman–Crippen LogP) is 2.94. The number of nitriles is 1. The molecule has 1 N–H and O–H groups in total. The molecule has 1 unspecified atom stereocenters. The Morgan fingerprint density at radius 3 is 2.47 bits per heavy atom. The van der Waals surface area contributed by atoms with E-state index in [4.69, 9.17) is 9.79 Å². The van der Waals surface area contributed by atoms with Crippen LogP contribution in [0.25, 0.3) is 0 Å². The van der Waals surface area contributed by atoms with Gasteiger partial charge in [0, 0.05) is 5.30 Å². The summed E-state index contributed by atoms with van der Waals surface area (Å²) >= 11 is 0. The fraction of sp³-hybridized carbons (Fsp3) is 0.250. The van der Waals surface area contributed by atoms with E-state index in [1.54, 1.807) is 43.3 Å². The second kappa shape index (κ2) is 5.67. The van der Waals surface area contributed by atoms with Crippen LogP contribution in [0, 0.1) is 11.3 Å². The highest BCUT2D eigenvalue weighted by atomic mass is 31.2. The van der Waals surface area contributed by atoms with Gasteiger partial charge in [0.25, 0.3) is 7.37 Å². The third kappa shape index (κ3) is 2.76. The molecule has 0 bridgehead atoms. The summed E-state index contributed by atoms with van der Waals surface area (Å²) in [6.45, 7) is 3.22. The van der Waals surface area contributed by atoms with E-state index in [0.717, 1.165) is 0 Å². The van der Waals surface area contributed by atoms with Crippen molar-refractivity contribution in [1.82, 2.24) is 0 Å². The van der Waals surface area contributed by atoms with Gasteiger partial charge in [0.05, 0.1) is 6.61 Å². The van der Waals surface area contributed by atoms with Crippen LogP contribution in [0.4, 0.5) is 0 Å². The van der Waals surface area contributed by atoms with Crippen molar-refractivity contribution in [1.29, 1.82) is 5.26 Å². The zero-order valence-corrected chi connectivity index (χ0v) is 10.6. The molecule has 0 aliphatic heterocycles. The maximum absolute atomic E-state index is 12.7. The van der Waals surface area contributed by atoms with Gasteiger partial charge in [0.15, 0.2) is 5.31 Å². The number of aliphatic hydroxyl groups is 1. The van der Waals surface area contributed by atoms with E-state index >= 15 is 0 Å². The number of benzene rings is 1. The first-order valence-corrected chi connectivity index (χ1v) is 6.79. The maximum Gasteiger partial charge on any atom is 0.274 e. The summed E-state index contributed by atoms with van der Waals surface area (Å²) in [5.41, 5.74) is 0. The molecule has 90 valence electrons. The van der Waals surface area contributed by atoms with E-state index < -0.39 is 7.37 Å². The Labute approximate surface area is 101 Å². The molecule has 0 amide bonds. The van der Waals surface area contributed by atoms with E-state index in [0.29, 0.717) is 5.30 Å². The molecule has 0 radical (unpaired) electrons. The van der Waals surface area contributed by atoms with Crippen LogP contribution in [-0.2, 0) is 9.09 Å². The summed E-state index contributed by atoms with van der Waals surface area (Å²) in [5.74, 6) is -0.270. The number of aliphatic hydroxyl groups excluding tert-OH is 1. The second-order valence-corrected chi connectivity index (χ2v) is 5.68. The fourth-order valence-electron chi connectivity index (χ4n) is 1.43. The van der Waals surface area contributed by atoms with Crippen molar-refractivity contribution in [3.63, 3.8) is 0 Å². The molecule has 0 aliphatic rings. The molecule has 1 aromatic rings. The fourth-order valence-corrected chi connectivity index (χ4v) is 3.46. The van der Waals surface area contributed by atoms with Gasteiger partial charge in [-0.25, -0.2) is 0 Å². The Morgan fingerprint density at radius 1 is 1.47 bits per heavy atom. The summed E-state index contributed by atoms with van der Waals surface area (Å²) in [6.07, 6.45) is 0. The largest absolute Gasteiger partial charge is 0.511 e. The van der Waals surface area contributed by atoms with E-state index in [2.05, 4.69) is 0 Å². The van der Waals surface area contributed by atoms with Gasteiger partial charge < -0.3 is 9.63 Å². The smallest absolute Gasteiger partial charge is 0.274 e. The standard InChI is InChI=1S/C12H14NO3P/c1-3-16-17(15,12(9-13)10(2)14)11-7-5-4-6-8-11/h4-8,14H,3H2,1-2H3/b12-10-. The number of hydrogen-bond acceptors (Lipinski definition) is 4. The second-order valence-electron chi connectivity index (χ2n) is 3.35. The number of nitrogens with zero attached hydrogens (tertiary/aromatic N) is 1. The molecule has 1 aromatic carbocycles. The molecule has 17 heavy (non-hydrogen) atoms. The lowest BCUT2D eigenvalue weighted by molar-refractivity contribution is 0.343. The summed E-state index contributed by atoms with van der Waals surface area (Å²) < 4.78 is 18.0. The average molecular weight is 251 g/mol. The topological polar surface area (TPSA) is 70.3 Å². The summed E-state index contributed by atoms with van der Waals surface area (Å²) in [6, 6.07) is 10.2. The third-order valence-electron chi connectivity index (χ3n) is 2.15. The molecule has 0 aliphatic carbocycles. The first kappa shape index (κ1) is 13.5. The predicted molar refractivity (Wildman–Crippen MR) is 66.3 cm³/mol. The zero-order valence-electron chi connectivity index (χ0n) is 9.75. The monoisotopic (exact) mass is 251 g/mol. The number of rotatable bonds is 4. The molecule has 0 fully saturated rings. The van der Waals surface area contributed by atoms with E-state index in [1.807, 2.05) is 0 Å². The van der Waals surface area contributed by atoms with Crippen molar-refractivity contribution >= 4 is 12.7 Å². The van der Waals surface area contributed by atoms with Gasteiger partial charge in [-0.1, -0.05) is 18.2 Å². The van der Waals surface area contributed by atoms with Gasteiger partial charge in [-0.15, -0.1) is 0 Å². The molecule has 0 heterocycles. The van der Waals surface area contributed by atoms with Crippen LogP contribution in [0.2, 0.25) is 0 Å². The Bertz CT molecular complexity index is 498. The minimum Gasteiger partial charge on any atom is -0.511 e. The van der Waals surface area contributed by atoms with Gasteiger partial charge in [0.1, 0.15) is 11.8 Å². The van der Waals surface area contributed by atoms with Gasteiger partial charge in [-0.2, -0.15) is 5.26 Å². The first-order valence-electron chi connectivity index (χ1n) is 5.17. The molecule has 0 saturated carbocycles. The first-order chi connectivity index (χ1) is 8.06. The number of allylic oxidation sites excluding steroid dienone is 2. The van der Waals surface area contributed by atoms with Crippen molar-refractivity contribution in [3.8, 4) is 6.07 Å². The maximum atomic E-state index is 12.7. The Hall–Kier alpha value is -1.56. The summed E-state index contributed by atoms with van der Waals surface area (Å²) in [7, 11) is -3.47. The normalized spacial score (nSPS) is 15.6. The Morgan fingerprint density at radius 2 is 2.06 bits per heavy atom. The van der Waals surface area contributed by atoms with Crippen molar-refractivity contribution in [2.75, 3.05) is 6.61 Å². The molecule has 0 aromatic heterocycles. The molecule has 1 atom stereocenters. The quantitative estimate of drug-likeness (QED) is 0.507. The number of hydrogen-bond donors (Lipinski definition) is 1. The lowest BCUT2D eigenvalue weighted by Crippen LogP contribution is -2.09. The van der Waals surface area contributed by atoms with Crippen LogP contribution in [-0.4, -0.2) is 11.7 Å². The highest BCUT2D eigenvalue weighted by Gasteiger charge is 2.32. The summed E-state index contributed by atoms with van der Waals surface area (Å²) in [5, 5.41) is 18.6. The van der Waals surface area contributed by atoms with Gasteiger partial charge in [-0.3, -0.25) is 4.57 Å². The van der Waals surface area contributed by atoms with E-state index in [-0.39, 0.29) is 17.7 Å². The molecule has 4 nitrogen and oxygen atoms in total. The van der Waals surface area contributed by atoms with Gasteiger partial charge in [-0.05, 0) is 26.0 Å². The van der Waals surface area contributed by atoms with Crippen LogP contribution in [0.5, 0.6) is 0 Å². The van der Waals surface area contributed by atoms with Crippen LogP contribution in [0.15, 0.2) is 41.4 Å². The SMILES string of the molecule is CCOP(=O)(/C(C#N)=C(/C)O)c1ccccc1. The lowest BCUT2D eigenvalue weighted by atomic mass is 10.4. The molecule has 0 saturated heterocycles. The van der Waals surface area contributed by atoms with Crippen LogP contribution >= 0.6 is 7.37 Å². The van der Waals surface area contributed by atoms with Gasteiger partial charge in [0.2, 0.25) is 0 Å². The van der Waals surface area contributed by atoms with E-state index in [1.165, 1.54) is 6.92 Å². The zero-order chi connectivity index (χ0) is 12.9. The van der Waals surface area contributed by atoms with Crippen LogP contribution < -0.4 is 5.30 Å². The average Bonchev–Trinajstić information content (AvgIpc) is 2.31. The highest BCUT2D eigenvalue weighted by molar-refractivity contribution is 7.71. The molecular weight excluding hydrogens is 237 g/mol. The Kier molecular flexibility index (Phi) is 4.51. The molecule has 1 rings (SSSR count). The lowest BCUT2D eigenvalue weighted by Gasteiger charge is -2.17. The van der Waals surface area contributed by atoms with Crippen LogP contribution in [0.1, 0.15) is 13.8 Å². The molecule has 0 spiro atoms. The molecular formula is C12H14NO3P. The minimum absolute atomic E-state index is 0.199. The Balaban J connectivity index is 3.40. The van der Waals surface area contributed by atoms with Crippen molar-refractivity contribution in [2.45, 2.75) is 13.8 Å². The summed E-state index contributed by atoms with van der Waals surface area (Å²) in [4.78, 5) is 0. The van der Waals surface area contributed by atoms with Gasteiger partial charge >= 0.3 is 0 Å². The third-order valence-corrected chi connectivity index (χ3v) is 4.76. The van der Waals surface area contributed by atoms with E-state index in [9.17, 15) is 9.67 Å². The minimum atomic E-state index is -3.47. The highest BCUT2D eigenvalue weighted by Crippen LogP contribution is 2.54. The van der Waals surface area contributed by atoms with Crippen LogP contribution in [0.3, 0.4) is 0 Å².